The molecule has 0 radical (unpaired) electrons. The second-order valence-corrected chi connectivity index (χ2v) is 9.40. The molecule has 1 N–H and O–H groups in total. The molecule has 3 heterocycles. The predicted molar refractivity (Wildman–Crippen MR) is 135 cm³/mol. The Balaban J connectivity index is 1.42. The van der Waals surface area contributed by atoms with Crippen molar-refractivity contribution in [3.63, 3.8) is 0 Å². The molecule has 8 nitrogen and oxygen atoms in total. The number of amides is 2. The summed E-state index contributed by atoms with van der Waals surface area (Å²) >= 11 is 0. The molecule has 2 aromatic carbocycles. The van der Waals surface area contributed by atoms with Crippen molar-refractivity contribution in [2.24, 2.45) is 0 Å². The Morgan fingerprint density at radius 1 is 0.917 bits per heavy atom. The molecule has 0 bridgehead atoms. The zero-order valence-corrected chi connectivity index (χ0v) is 20.4. The van der Waals surface area contributed by atoms with Crippen LogP contribution in [0.4, 0.5) is 0 Å². The molecular formula is C28H28N6O2. The van der Waals surface area contributed by atoms with Gasteiger partial charge in [-0.2, -0.15) is 10.2 Å². The van der Waals surface area contributed by atoms with Gasteiger partial charge in [0.15, 0.2) is 5.69 Å². The number of aromatic nitrogens is 4. The number of nitrogens with zero attached hydrogens (tertiary/aromatic N) is 5. The van der Waals surface area contributed by atoms with Crippen molar-refractivity contribution in [2.75, 3.05) is 13.1 Å². The van der Waals surface area contributed by atoms with Crippen LogP contribution in [-0.4, -0.2) is 49.4 Å². The lowest BCUT2D eigenvalue weighted by Crippen LogP contribution is -2.52. The van der Waals surface area contributed by atoms with Gasteiger partial charge in [0.1, 0.15) is 6.04 Å². The number of piperazine rings is 1. The minimum absolute atomic E-state index is 0.187. The number of rotatable bonds is 4. The van der Waals surface area contributed by atoms with Crippen LogP contribution < -0.4 is 5.32 Å². The quantitative estimate of drug-likeness (QED) is 0.485. The maximum atomic E-state index is 14.1. The Morgan fingerprint density at radius 2 is 1.58 bits per heavy atom. The summed E-state index contributed by atoms with van der Waals surface area (Å²) in [5.74, 6) is -0.388. The Morgan fingerprint density at radius 3 is 2.28 bits per heavy atom. The first-order chi connectivity index (χ1) is 17.5. The van der Waals surface area contributed by atoms with Gasteiger partial charge in [0.25, 0.3) is 5.91 Å². The SMILES string of the molecule is Cc1nn(-c2ccccc2)c(C)c1C1C(=O)NCCN1C(=O)c1nn(-c2ccccc2)c2c1CCC2. The fraction of sp³-hybridized carbons (Fsp3) is 0.286. The number of fused-ring (bicyclic) bond motifs is 1. The molecule has 1 unspecified atom stereocenters. The van der Waals surface area contributed by atoms with E-state index in [2.05, 4.69) is 5.32 Å². The fourth-order valence-electron chi connectivity index (χ4n) is 5.57. The zero-order chi connectivity index (χ0) is 24.8. The molecule has 1 saturated heterocycles. The molecule has 1 fully saturated rings. The van der Waals surface area contributed by atoms with E-state index in [1.54, 1.807) is 4.90 Å². The lowest BCUT2D eigenvalue weighted by atomic mass is 9.99. The second-order valence-electron chi connectivity index (χ2n) is 9.40. The molecule has 0 spiro atoms. The van der Waals surface area contributed by atoms with Gasteiger partial charge < -0.3 is 10.2 Å². The van der Waals surface area contributed by atoms with Crippen molar-refractivity contribution in [3.05, 3.63) is 94.6 Å². The summed E-state index contributed by atoms with van der Waals surface area (Å²) in [6.07, 6.45) is 2.70. The number of hydrogen-bond donors (Lipinski definition) is 1. The molecule has 1 aliphatic carbocycles. The van der Waals surface area contributed by atoms with Crippen LogP contribution in [0.5, 0.6) is 0 Å². The standard InChI is InChI=1S/C28H28N6O2/c1-18-24(19(2)33(30-18)20-10-5-3-6-11-20)26-27(35)29-16-17-32(26)28(36)25-22-14-9-15-23(22)34(31-25)21-12-7-4-8-13-21/h3-8,10-13,26H,9,14-17H2,1-2H3,(H,29,35). The summed E-state index contributed by atoms with van der Waals surface area (Å²) in [6.45, 7) is 4.67. The van der Waals surface area contributed by atoms with Crippen molar-refractivity contribution >= 4 is 11.8 Å². The van der Waals surface area contributed by atoms with E-state index in [-0.39, 0.29) is 11.8 Å². The van der Waals surface area contributed by atoms with E-state index in [1.807, 2.05) is 83.9 Å². The van der Waals surface area contributed by atoms with Crippen molar-refractivity contribution in [3.8, 4) is 11.4 Å². The van der Waals surface area contributed by atoms with Gasteiger partial charge in [-0.3, -0.25) is 9.59 Å². The van der Waals surface area contributed by atoms with Crippen molar-refractivity contribution < 1.29 is 9.59 Å². The number of carbonyl (C=O) groups is 2. The molecule has 4 aromatic rings. The Bertz CT molecular complexity index is 1450. The molecule has 6 rings (SSSR count). The third-order valence-electron chi connectivity index (χ3n) is 7.23. The molecule has 36 heavy (non-hydrogen) atoms. The van der Waals surface area contributed by atoms with E-state index in [1.165, 1.54) is 0 Å². The summed E-state index contributed by atoms with van der Waals surface area (Å²) in [5, 5.41) is 12.5. The first-order valence-electron chi connectivity index (χ1n) is 12.4. The number of benzene rings is 2. The third kappa shape index (κ3) is 3.52. The molecule has 0 saturated carbocycles. The summed E-state index contributed by atoms with van der Waals surface area (Å²) in [5.41, 5.74) is 6.75. The molecular weight excluding hydrogens is 452 g/mol. The molecule has 2 aliphatic rings. The van der Waals surface area contributed by atoms with E-state index >= 15 is 0 Å². The van der Waals surface area contributed by atoms with Gasteiger partial charge in [0, 0.05) is 35.6 Å². The number of nitrogens with one attached hydrogen (secondary N) is 1. The first-order valence-corrected chi connectivity index (χ1v) is 12.4. The summed E-state index contributed by atoms with van der Waals surface area (Å²) in [7, 11) is 0. The van der Waals surface area contributed by atoms with E-state index < -0.39 is 6.04 Å². The van der Waals surface area contributed by atoms with Crippen molar-refractivity contribution in [1.29, 1.82) is 0 Å². The normalized spacial score (nSPS) is 17.2. The van der Waals surface area contributed by atoms with Crippen LogP contribution in [0.1, 0.15) is 51.2 Å². The fourth-order valence-corrected chi connectivity index (χ4v) is 5.57. The molecule has 8 heteroatoms. The molecule has 1 aliphatic heterocycles. The van der Waals surface area contributed by atoms with Gasteiger partial charge in [0.2, 0.25) is 5.91 Å². The van der Waals surface area contributed by atoms with E-state index in [4.69, 9.17) is 10.2 Å². The monoisotopic (exact) mass is 480 g/mol. The summed E-state index contributed by atoms with van der Waals surface area (Å²) in [6, 6.07) is 19.0. The zero-order valence-electron chi connectivity index (χ0n) is 20.4. The highest BCUT2D eigenvalue weighted by molar-refractivity contribution is 5.98. The average molecular weight is 481 g/mol. The van der Waals surface area contributed by atoms with Crippen LogP contribution >= 0.6 is 0 Å². The van der Waals surface area contributed by atoms with Gasteiger partial charge in [-0.1, -0.05) is 36.4 Å². The van der Waals surface area contributed by atoms with Crippen LogP contribution in [0.15, 0.2) is 60.7 Å². The average Bonchev–Trinajstić information content (AvgIpc) is 3.59. The van der Waals surface area contributed by atoms with Crippen LogP contribution in [0.3, 0.4) is 0 Å². The smallest absolute Gasteiger partial charge is 0.275 e. The topological polar surface area (TPSA) is 85.1 Å². The van der Waals surface area contributed by atoms with Crippen molar-refractivity contribution in [2.45, 2.75) is 39.2 Å². The van der Waals surface area contributed by atoms with Crippen LogP contribution in [-0.2, 0) is 17.6 Å². The molecule has 1 atom stereocenters. The van der Waals surface area contributed by atoms with Gasteiger partial charge in [0.05, 0.1) is 17.1 Å². The Kier molecular flexibility index (Phi) is 5.44. The lowest BCUT2D eigenvalue weighted by molar-refractivity contribution is -0.128. The number of aryl methyl sites for hydroxylation is 1. The minimum atomic E-state index is -0.761. The highest BCUT2D eigenvalue weighted by atomic mass is 16.2. The van der Waals surface area contributed by atoms with E-state index in [9.17, 15) is 9.59 Å². The largest absolute Gasteiger partial charge is 0.352 e. The highest BCUT2D eigenvalue weighted by Crippen LogP contribution is 2.34. The Labute approximate surface area is 209 Å². The number of carbonyl (C=O) groups excluding carboxylic acids is 2. The maximum absolute atomic E-state index is 14.1. The van der Waals surface area contributed by atoms with Gasteiger partial charge >= 0.3 is 0 Å². The third-order valence-corrected chi connectivity index (χ3v) is 7.23. The summed E-state index contributed by atoms with van der Waals surface area (Å²) in [4.78, 5) is 29.0. The molecule has 182 valence electrons. The van der Waals surface area contributed by atoms with Gasteiger partial charge in [-0.25, -0.2) is 9.36 Å². The predicted octanol–water partition coefficient (Wildman–Crippen LogP) is 3.48. The lowest BCUT2D eigenvalue weighted by Gasteiger charge is -2.35. The first kappa shape index (κ1) is 22.3. The number of para-hydroxylation sites is 2. The van der Waals surface area contributed by atoms with Crippen LogP contribution in [0.25, 0.3) is 11.4 Å². The molecule has 2 amide bonds. The molecule has 2 aromatic heterocycles. The van der Waals surface area contributed by atoms with Gasteiger partial charge in [-0.15, -0.1) is 0 Å². The maximum Gasteiger partial charge on any atom is 0.275 e. The van der Waals surface area contributed by atoms with E-state index in [0.29, 0.717) is 18.8 Å². The Hall–Kier alpha value is -4.20. The number of hydrogen-bond acceptors (Lipinski definition) is 4. The highest BCUT2D eigenvalue weighted by Gasteiger charge is 2.40. The van der Waals surface area contributed by atoms with E-state index in [0.717, 1.165) is 58.8 Å². The minimum Gasteiger partial charge on any atom is -0.352 e. The van der Waals surface area contributed by atoms with Gasteiger partial charge in [-0.05, 0) is 57.4 Å². The van der Waals surface area contributed by atoms with Crippen molar-refractivity contribution in [1.82, 2.24) is 29.8 Å². The van der Waals surface area contributed by atoms with Crippen LogP contribution in [0, 0.1) is 13.8 Å². The van der Waals surface area contributed by atoms with Crippen LogP contribution in [0.2, 0.25) is 0 Å². The summed E-state index contributed by atoms with van der Waals surface area (Å²) < 4.78 is 3.75. The second kappa shape index (κ2) is 8.78.